The Morgan fingerprint density at radius 3 is 2.83 bits per heavy atom. The molecule has 0 fully saturated rings. The third-order valence-electron chi connectivity index (χ3n) is 3.51. The van der Waals surface area contributed by atoms with Gasteiger partial charge >= 0.3 is 0 Å². The number of hydrogen-bond acceptors (Lipinski definition) is 4. The van der Waals surface area contributed by atoms with Gasteiger partial charge in [0.15, 0.2) is 5.76 Å². The zero-order valence-electron chi connectivity index (χ0n) is 12.9. The molecule has 3 rings (SSSR count). The van der Waals surface area contributed by atoms with Gasteiger partial charge in [0.25, 0.3) is 0 Å². The minimum atomic E-state index is -0.0500. The van der Waals surface area contributed by atoms with E-state index in [1.54, 1.807) is 24.7 Å². The summed E-state index contributed by atoms with van der Waals surface area (Å²) in [5, 5.41) is 3.55. The van der Waals surface area contributed by atoms with Crippen LogP contribution in [0.1, 0.15) is 17.7 Å². The SMILES string of the molecule is O=C(CCc1cccc(Cl)c1)NCc1nccnc1-c1ccco1. The second-order valence-corrected chi connectivity index (χ2v) is 5.67. The highest BCUT2D eigenvalue weighted by Gasteiger charge is 2.11. The van der Waals surface area contributed by atoms with Crippen molar-refractivity contribution >= 4 is 17.5 Å². The molecule has 6 heteroatoms. The third-order valence-corrected chi connectivity index (χ3v) is 3.75. The zero-order chi connectivity index (χ0) is 16.8. The van der Waals surface area contributed by atoms with Gasteiger partial charge in [0.1, 0.15) is 5.69 Å². The van der Waals surface area contributed by atoms with Gasteiger partial charge in [-0.1, -0.05) is 23.7 Å². The van der Waals surface area contributed by atoms with Crippen LogP contribution in [-0.2, 0) is 17.8 Å². The first-order valence-electron chi connectivity index (χ1n) is 7.57. The summed E-state index contributed by atoms with van der Waals surface area (Å²) in [5.74, 6) is 0.581. The number of aryl methyl sites for hydroxylation is 1. The Kier molecular flexibility index (Phi) is 5.23. The van der Waals surface area contributed by atoms with Crippen molar-refractivity contribution in [2.75, 3.05) is 0 Å². The quantitative estimate of drug-likeness (QED) is 0.743. The Labute approximate surface area is 144 Å². The van der Waals surface area contributed by atoms with Gasteiger partial charge in [0.2, 0.25) is 5.91 Å². The van der Waals surface area contributed by atoms with E-state index in [9.17, 15) is 4.79 Å². The van der Waals surface area contributed by atoms with Crippen LogP contribution in [0.2, 0.25) is 5.02 Å². The highest BCUT2D eigenvalue weighted by atomic mass is 35.5. The third kappa shape index (κ3) is 4.20. The molecule has 24 heavy (non-hydrogen) atoms. The zero-order valence-corrected chi connectivity index (χ0v) is 13.7. The van der Waals surface area contributed by atoms with Gasteiger partial charge in [-0.2, -0.15) is 0 Å². The van der Waals surface area contributed by atoms with E-state index in [1.807, 2.05) is 30.3 Å². The molecule has 1 aromatic carbocycles. The molecule has 0 spiro atoms. The van der Waals surface area contributed by atoms with Crippen LogP contribution in [0.5, 0.6) is 0 Å². The van der Waals surface area contributed by atoms with Crippen molar-refractivity contribution in [1.82, 2.24) is 15.3 Å². The van der Waals surface area contributed by atoms with E-state index in [4.69, 9.17) is 16.0 Å². The van der Waals surface area contributed by atoms with Crippen molar-refractivity contribution in [3.05, 3.63) is 71.3 Å². The van der Waals surface area contributed by atoms with Gasteiger partial charge in [-0.25, -0.2) is 4.98 Å². The molecular weight excluding hydrogens is 326 g/mol. The minimum absolute atomic E-state index is 0.0500. The van der Waals surface area contributed by atoms with Crippen LogP contribution in [0.25, 0.3) is 11.5 Å². The molecular formula is C18H16ClN3O2. The fourth-order valence-corrected chi connectivity index (χ4v) is 2.55. The number of benzene rings is 1. The molecule has 122 valence electrons. The monoisotopic (exact) mass is 341 g/mol. The number of furan rings is 1. The summed E-state index contributed by atoms with van der Waals surface area (Å²) < 4.78 is 5.36. The van der Waals surface area contributed by atoms with Gasteiger partial charge < -0.3 is 9.73 Å². The molecule has 0 atom stereocenters. The largest absolute Gasteiger partial charge is 0.463 e. The van der Waals surface area contributed by atoms with Crippen molar-refractivity contribution in [3.8, 4) is 11.5 Å². The number of hydrogen-bond donors (Lipinski definition) is 1. The molecule has 0 unspecified atom stereocenters. The maximum absolute atomic E-state index is 12.1. The lowest BCUT2D eigenvalue weighted by Gasteiger charge is -2.07. The number of nitrogens with zero attached hydrogens (tertiary/aromatic N) is 2. The molecule has 2 heterocycles. The second-order valence-electron chi connectivity index (χ2n) is 5.24. The second kappa shape index (κ2) is 7.75. The first-order chi connectivity index (χ1) is 11.7. The van der Waals surface area contributed by atoms with Crippen molar-refractivity contribution in [1.29, 1.82) is 0 Å². The number of amides is 1. The molecule has 0 aliphatic rings. The summed E-state index contributed by atoms with van der Waals surface area (Å²) in [7, 11) is 0. The Bertz CT molecular complexity index is 819. The molecule has 5 nitrogen and oxygen atoms in total. The minimum Gasteiger partial charge on any atom is -0.463 e. The average molecular weight is 342 g/mol. The molecule has 1 N–H and O–H groups in total. The Balaban J connectivity index is 1.57. The topological polar surface area (TPSA) is 68.0 Å². The van der Waals surface area contributed by atoms with Crippen molar-refractivity contribution in [2.24, 2.45) is 0 Å². The molecule has 0 saturated carbocycles. The summed E-state index contributed by atoms with van der Waals surface area (Å²) in [4.78, 5) is 20.6. The summed E-state index contributed by atoms with van der Waals surface area (Å²) in [6.07, 6.45) is 5.80. The van der Waals surface area contributed by atoms with E-state index >= 15 is 0 Å². The summed E-state index contributed by atoms with van der Waals surface area (Å²) in [6, 6.07) is 11.1. The molecule has 0 bridgehead atoms. The molecule has 0 aliphatic carbocycles. The van der Waals surface area contributed by atoms with Gasteiger partial charge in [-0.3, -0.25) is 9.78 Å². The number of halogens is 1. The van der Waals surface area contributed by atoms with E-state index in [1.165, 1.54) is 0 Å². The Morgan fingerprint density at radius 1 is 1.17 bits per heavy atom. The molecule has 2 aromatic heterocycles. The molecule has 0 radical (unpaired) electrons. The van der Waals surface area contributed by atoms with Crippen LogP contribution in [-0.4, -0.2) is 15.9 Å². The summed E-state index contributed by atoms with van der Waals surface area (Å²) in [6.45, 7) is 0.304. The fourth-order valence-electron chi connectivity index (χ4n) is 2.34. The maximum atomic E-state index is 12.1. The van der Waals surface area contributed by atoms with E-state index < -0.39 is 0 Å². The number of nitrogens with one attached hydrogen (secondary N) is 1. The lowest BCUT2D eigenvalue weighted by molar-refractivity contribution is -0.121. The lowest BCUT2D eigenvalue weighted by Crippen LogP contribution is -2.24. The highest BCUT2D eigenvalue weighted by Crippen LogP contribution is 2.19. The maximum Gasteiger partial charge on any atom is 0.220 e. The van der Waals surface area contributed by atoms with Crippen LogP contribution in [0.3, 0.4) is 0 Å². The van der Waals surface area contributed by atoms with E-state index in [2.05, 4.69) is 15.3 Å². The molecule has 1 amide bonds. The smallest absolute Gasteiger partial charge is 0.220 e. The van der Waals surface area contributed by atoms with Crippen LogP contribution in [0.15, 0.2) is 59.5 Å². The fraction of sp³-hybridized carbons (Fsp3) is 0.167. The summed E-state index contributed by atoms with van der Waals surface area (Å²) in [5.41, 5.74) is 2.34. The van der Waals surface area contributed by atoms with Gasteiger partial charge in [-0.05, 0) is 36.2 Å². The van der Waals surface area contributed by atoms with Crippen molar-refractivity contribution in [2.45, 2.75) is 19.4 Å². The van der Waals surface area contributed by atoms with Crippen LogP contribution in [0, 0.1) is 0 Å². The number of rotatable bonds is 6. The predicted octanol–water partition coefficient (Wildman–Crippen LogP) is 3.64. The van der Waals surface area contributed by atoms with Crippen LogP contribution >= 0.6 is 11.6 Å². The van der Waals surface area contributed by atoms with Crippen LogP contribution < -0.4 is 5.32 Å². The Hall–Kier alpha value is -2.66. The normalized spacial score (nSPS) is 10.5. The van der Waals surface area contributed by atoms with E-state index in [0.29, 0.717) is 41.6 Å². The Morgan fingerprint density at radius 2 is 2.04 bits per heavy atom. The average Bonchev–Trinajstić information content (AvgIpc) is 3.13. The van der Waals surface area contributed by atoms with Gasteiger partial charge in [0, 0.05) is 23.8 Å². The number of carbonyl (C=O) groups is 1. The lowest BCUT2D eigenvalue weighted by atomic mass is 10.1. The first kappa shape index (κ1) is 16.2. The highest BCUT2D eigenvalue weighted by molar-refractivity contribution is 6.30. The molecule has 3 aromatic rings. The summed E-state index contributed by atoms with van der Waals surface area (Å²) >= 11 is 5.94. The first-order valence-corrected chi connectivity index (χ1v) is 7.95. The van der Waals surface area contributed by atoms with Gasteiger partial charge in [-0.15, -0.1) is 0 Å². The van der Waals surface area contributed by atoms with Gasteiger partial charge in [0.05, 0.1) is 18.5 Å². The molecule has 0 aliphatic heterocycles. The number of aromatic nitrogens is 2. The van der Waals surface area contributed by atoms with E-state index in [-0.39, 0.29) is 5.91 Å². The predicted molar refractivity (Wildman–Crippen MR) is 91.4 cm³/mol. The van der Waals surface area contributed by atoms with E-state index in [0.717, 1.165) is 5.56 Å². The van der Waals surface area contributed by atoms with Crippen LogP contribution in [0.4, 0.5) is 0 Å². The standard InChI is InChI=1S/C18H16ClN3O2/c19-14-4-1-3-13(11-14)6-7-17(23)22-12-15-18(21-9-8-20-15)16-5-2-10-24-16/h1-5,8-11H,6-7,12H2,(H,22,23). The number of carbonyl (C=O) groups excluding carboxylic acids is 1. The molecule has 0 saturated heterocycles. The van der Waals surface area contributed by atoms with Crippen molar-refractivity contribution < 1.29 is 9.21 Å². The van der Waals surface area contributed by atoms with Crippen molar-refractivity contribution in [3.63, 3.8) is 0 Å².